The van der Waals surface area contributed by atoms with Crippen LogP contribution in [0.2, 0.25) is 0 Å². The second-order valence-electron chi connectivity index (χ2n) is 4.64. The fraction of sp³-hybridized carbons (Fsp3) is 0.467. The molecule has 0 spiro atoms. The SMILES string of the molecule is CCN(CC)C(=O)CN(C)c1cccc(SC)c1C(N)=S. The van der Waals surface area contributed by atoms with Gasteiger partial charge in [-0.2, -0.15) is 0 Å². The topological polar surface area (TPSA) is 49.6 Å². The van der Waals surface area contributed by atoms with E-state index in [1.165, 1.54) is 0 Å². The van der Waals surface area contributed by atoms with E-state index in [0.717, 1.165) is 29.2 Å². The van der Waals surface area contributed by atoms with Gasteiger partial charge in [0.25, 0.3) is 0 Å². The molecule has 116 valence electrons. The molecule has 1 aromatic carbocycles. The number of nitrogens with two attached hydrogens (primary N) is 1. The van der Waals surface area contributed by atoms with Crippen molar-refractivity contribution in [3.8, 4) is 0 Å². The number of thioether (sulfide) groups is 1. The first-order chi connectivity index (χ1) is 9.96. The first-order valence-electron chi connectivity index (χ1n) is 6.91. The Morgan fingerprint density at radius 2 is 1.95 bits per heavy atom. The summed E-state index contributed by atoms with van der Waals surface area (Å²) in [4.78, 5) is 17.4. The highest BCUT2D eigenvalue weighted by molar-refractivity contribution is 7.98. The van der Waals surface area contributed by atoms with Crippen LogP contribution in [0.5, 0.6) is 0 Å². The van der Waals surface area contributed by atoms with Gasteiger partial charge < -0.3 is 15.5 Å². The molecule has 0 aliphatic heterocycles. The van der Waals surface area contributed by atoms with Crippen LogP contribution in [0.3, 0.4) is 0 Å². The third kappa shape index (κ3) is 4.35. The van der Waals surface area contributed by atoms with Crippen LogP contribution in [-0.2, 0) is 4.79 Å². The maximum absolute atomic E-state index is 12.2. The molecule has 21 heavy (non-hydrogen) atoms. The van der Waals surface area contributed by atoms with Gasteiger partial charge in [0.15, 0.2) is 0 Å². The monoisotopic (exact) mass is 325 g/mol. The van der Waals surface area contributed by atoms with E-state index < -0.39 is 0 Å². The van der Waals surface area contributed by atoms with Crippen LogP contribution in [0.25, 0.3) is 0 Å². The largest absolute Gasteiger partial charge is 0.389 e. The van der Waals surface area contributed by atoms with E-state index in [0.29, 0.717) is 11.5 Å². The number of carbonyl (C=O) groups excluding carboxylic acids is 1. The Balaban J connectivity index is 3.05. The van der Waals surface area contributed by atoms with Crippen LogP contribution in [0.4, 0.5) is 5.69 Å². The summed E-state index contributed by atoms with van der Waals surface area (Å²) in [6, 6.07) is 5.90. The molecule has 0 heterocycles. The number of benzene rings is 1. The van der Waals surface area contributed by atoms with Gasteiger partial charge in [-0.1, -0.05) is 18.3 Å². The van der Waals surface area contributed by atoms with Crippen LogP contribution in [-0.4, -0.2) is 48.7 Å². The first-order valence-corrected chi connectivity index (χ1v) is 8.55. The van der Waals surface area contributed by atoms with E-state index in [4.69, 9.17) is 18.0 Å². The van der Waals surface area contributed by atoms with E-state index >= 15 is 0 Å². The summed E-state index contributed by atoms with van der Waals surface area (Å²) in [5.74, 6) is 0.103. The van der Waals surface area contributed by atoms with Crippen molar-refractivity contribution in [3.63, 3.8) is 0 Å². The number of hydrogen-bond acceptors (Lipinski definition) is 4. The van der Waals surface area contributed by atoms with Crippen LogP contribution in [0, 0.1) is 0 Å². The third-order valence-electron chi connectivity index (χ3n) is 3.37. The molecule has 1 amide bonds. The second kappa shape index (κ2) is 8.24. The zero-order chi connectivity index (χ0) is 16.0. The summed E-state index contributed by atoms with van der Waals surface area (Å²) in [7, 11) is 1.89. The molecule has 0 atom stereocenters. The molecule has 0 unspecified atom stereocenters. The average molecular weight is 326 g/mol. The zero-order valence-electron chi connectivity index (χ0n) is 13.0. The van der Waals surface area contributed by atoms with Crippen LogP contribution >= 0.6 is 24.0 Å². The third-order valence-corrected chi connectivity index (χ3v) is 4.35. The van der Waals surface area contributed by atoms with Crippen molar-refractivity contribution < 1.29 is 4.79 Å². The Morgan fingerprint density at radius 1 is 1.33 bits per heavy atom. The Morgan fingerprint density at radius 3 is 2.43 bits per heavy atom. The average Bonchev–Trinajstić information content (AvgIpc) is 2.47. The van der Waals surface area contributed by atoms with E-state index in [1.807, 2.05) is 55.1 Å². The van der Waals surface area contributed by atoms with Crippen LogP contribution in [0.15, 0.2) is 23.1 Å². The molecule has 0 aromatic heterocycles. The lowest BCUT2D eigenvalue weighted by atomic mass is 10.1. The van der Waals surface area contributed by atoms with Crippen molar-refractivity contribution >= 4 is 40.6 Å². The lowest BCUT2D eigenvalue weighted by Crippen LogP contribution is -2.39. The van der Waals surface area contributed by atoms with Gasteiger partial charge in [-0.3, -0.25) is 4.79 Å². The molecule has 0 radical (unpaired) electrons. The van der Waals surface area contributed by atoms with Gasteiger partial charge in [-0.25, -0.2) is 0 Å². The summed E-state index contributed by atoms with van der Waals surface area (Å²) in [5, 5.41) is 0. The van der Waals surface area contributed by atoms with Gasteiger partial charge in [0.05, 0.1) is 6.54 Å². The molecular formula is C15H23N3OS2. The predicted octanol–water partition coefficient (Wildman–Crippen LogP) is 2.35. The number of amides is 1. The molecule has 0 bridgehead atoms. The fourth-order valence-corrected chi connectivity index (χ4v) is 3.13. The molecule has 6 heteroatoms. The minimum Gasteiger partial charge on any atom is -0.389 e. The Kier molecular flexibility index (Phi) is 6.98. The summed E-state index contributed by atoms with van der Waals surface area (Å²) in [5.41, 5.74) is 7.61. The molecular weight excluding hydrogens is 302 g/mol. The number of anilines is 1. The van der Waals surface area contributed by atoms with Crippen molar-refractivity contribution in [3.05, 3.63) is 23.8 Å². The summed E-state index contributed by atoms with van der Waals surface area (Å²) >= 11 is 6.78. The van der Waals surface area contributed by atoms with E-state index in [9.17, 15) is 4.79 Å². The van der Waals surface area contributed by atoms with Crippen LogP contribution < -0.4 is 10.6 Å². The quantitative estimate of drug-likeness (QED) is 0.616. The molecule has 0 aliphatic rings. The Hall–Kier alpha value is -1.27. The maximum Gasteiger partial charge on any atom is 0.242 e. The molecule has 1 aromatic rings. The maximum atomic E-state index is 12.2. The van der Waals surface area contributed by atoms with Gasteiger partial charge in [0.1, 0.15) is 4.99 Å². The van der Waals surface area contributed by atoms with Crippen molar-refractivity contribution in [1.29, 1.82) is 0 Å². The van der Waals surface area contributed by atoms with E-state index in [2.05, 4.69) is 0 Å². The molecule has 4 nitrogen and oxygen atoms in total. The van der Waals surface area contributed by atoms with E-state index in [1.54, 1.807) is 11.8 Å². The van der Waals surface area contributed by atoms with Gasteiger partial charge in [-0.15, -0.1) is 11.8 Å². The van der Waals surface area contributed by atoms with Crippen molar-refractivity contribution in [1.82, 2.24) is 4.90 Å². The molecule has 0 aliphatic carbocycles. The van der Waals surface area contributed by atoms with Gasteiger partial charge in [-0.05, 0) is 32.2 Å². The molecule has 2 N–H and O–H groups in total. The highest BCUT2D eigenvalue weighted by Gasteiger charge is 2.17. The van der Waals surface area contributed by atoms with Crippen molar-refractivity contribution in [2.75, 3.05) is 37.8 Å². The van der Waals surface area contributed by atoms with Gasteiger partial charge >= 0.3 is 0 Å². The minimum atomic E-state index is 0.103. The number of carbonyl (C=O) groups is 1. The standard InChI is InChI=1S/C15H23N3OS2/c1-5-18(6-2)13(19)10-17(3)11-8-7-9-12(21-4)14(11)15(16)20/h7-9H,5-6,10H2,1-4H3,(H2,16,20). The van der Waals surface area contributed by atoms with Gasteiger partial charge in [0.2, 0.25) is 5.91 Å². The van der Waals surface area contributed by atoms with Crippen LogP contribution in [0.1, 0.15) is 19.4 Å². The number of thiocarbonyl (C=S) groups is 1. The van der Waals surface area contributed by atoms with E-state index in [-0.39, 0.29) is 5.91 Å². The normalized spacial score (nSPS) is 10.3. The minimum absolute atomic E-state index is 0.103. The number of hydrogen-bond donors (Lipinski definition) is 1. The number of rotatable bonds is 7. The summed E-state index contributed by atoms with van der Waals surface area (Å²) in [6.07, 6.45) is 1.99. The summed E-state index contributed by atoms with van der Waals surface area (Å²) < 4.78 is 0. The highest BCUT2D eigenvalue weighted by atomic mass is 32.2. The molecule has 0 saturated heterocycles. The Bertz CT molecular complexity index is 516. The van der Waals surface area contributed by atoms with Crippen molar-refractivity contribution in [2.24, 2.45) is 5.73 Å². The number of likely N-dealkylation sites (N-methyl/N-ethyl adjacent to an activating group) is 2. The zero-order valence-corrected chi connectivity index (χ0v) is 14.7. The lowest BCUT2D eigenvalue weighted by Gasteiger charge is -2.26. The molecule has 1 rings (SSSR count). The van der Waals surface area contributed by atoms with Crippen molar-refractivity contribution in [2.45, 2.75) is 18.7 Å². The van der Waals surface area contributed by atoms with Gasteiger partial charge in [0, 0.05) is 36.3 Å². The lowest BCUT2D eigenvalue weighted by molar-refractivity contribution is -0.129. The predicted molar refractivity (Wildman–Crippen MR) is 95.3 cm³/mol. The fourth-order valence-electron chi connectivity index (χ4n) is 2.22. The molecule has 0 fully saturated rings. The molecule has 0 saturated carbocycles. The number of nitrogens with zero attached hydrogens (tertiary/aromatic N) is 2. The first kappa shape index (κ1) is 17.8. The summed E-state index contributed by atoms with van der Waals surface area (Å²) in [6.45, 7) is 5.72. The Labute approximate surface area is 136 Å². The second-order valence-corrected chi connectivity index (χ2v) is 5.93. The smallest absolute Gasteiger partial charge is 0.242 e. The highest BCUT2D eigenvalue weighted by Crippen LogP contribution is 2.29.